The summed E-state index contributed by atoms with van der Waals surface area (Å²) in [6.07, 6.45) is -3.74. The molecular weight excluding hydrogens is 325 g/mol. The highest BCUT2D eigenvalue weighted by molar-refractivity contribution is 5.78. The number of carbonyl (C=O) groups excluding carboxylic acids is 1. The van der Waals surface area contributed by atoms with Gasteiger partial charge in [0.15, 0.2) is 0 Å². The zero-order chi connectivity index (χ0) is 17.6. The van der Waals surface area contributed by atoms with Gasteiger partial charge in [-0.2, -0.15) is 13.2 Å². The Hall–Kier alpha value is -1.64. The van der Waals surface area contributed by atoms with E-state index in [2.05, 4.69) is 10.6 Å². The third kappa shape index (κ3) is 5.47. The van der Waals surface area contributed by atoms with E-state index in [1.165, 1.54) is 24.3 Å². The van der Waals surface area contributed by atoms with Crippen molar-refractivity contribution in [3.63, 3.8) is 0 Å². The Labute approximate surface area is 138 Å². The first kappa shape index (κ1) is 18.7. The Balaban J connectivity index is 1.86. The first-order valence-corrected chi connectivity index (χ1v) is 7.72. The molecule has 0 spiro atoms. The summed E-state index contributed by atoms with van der Waals surface area (Å²) in [5, 5.41) is 14.9. The number of amides is 1. The van der Waals surface area contributed by atoms with Crippen molar-refractivity contribution < 1.29 is 27.8 Å². The van der Waals surface area contributed by atoms with Crippen LogP contribution in [0, 0.1) is 0 Å². The predicted octanol–water partition coefficient (Wildman–Crippen LogP) is 1.54. The van der Waals surface area contributed by atoms with Crippen LogP contribution in [0.4, 0.5) is 13.2 Å². The van der Waals surface area contributed by atoms with Crippen LogP contribution >= 0.6 is 0 Å². The first-order valence-electron chi connectivity index (χ1n) is 7.72. The Morgan fingerprint density at radius 2 is 1.88 bits per heavy atom. The molecule has 1 aromatic carbocycles. The molecule has 1 aliphatic rings. The fraction of sp³-hybridized carbons (Fsp3) is 0.562. The average molecular weight is 346 g/mol. The van der Waals surface area contributed by atoms with E-state index in [0.717, 1.165) is 0 Å². The normalized spacial score (nSPS) is 18.8. The molecule has 0 aliphatic carbocycles. The van der Waals surface area contributed by atoms with Crippen LogP contribution in [-0.4, -0.2) is 49.1 Å². The van der Waals surface area contributed by atoms with E-state index >= 15 is 0 Å². The van der Waals surface area contributed by atoms with Gasteiger partial charge in [0.2, 0.25) is 5.91 Å². The molecule has 0 radical (unpaired) electrons. The summed E-state index contributed by atoms with van der Waals surface area (Å²) in [6.45, 7) is 0.300. The SMILES string of the molecule is O=C(CNC(c1ccccc1)C(F)(F)F)NCC1(O)CCOCC1. The standard InChI is InChI=1S/C16H21F3N2O3/c17-16(18,19)14(12-4-2-1-3-5-12)20-10-13(22)21-11-15(23)6-8-24-9-7-15/h1-5,14,20,23H,6-11H2,(H,21,22). The summed E-state index contributed by atoms with van der Waals surface area (Å²) in [5.74, 6) is -0.597. The Morgan fingerprint density at radius 3 is 2.46 bits per heavy atom. The van der Waals surface area contributed by atoms with Gasteiger partial charge >= 0.3 is 6.18 Å². The van der Waals surface area contributed by atoms with E-state index in [9.17, 15) is 23.1 Å². The molecule has 24 heavy (non-hydrogen) atoms. The van der Waals surface area contributed by atoms with Gasteiger partial charge in [0.25, 0.3) is 0 Å². The van der Waals surface area contributed by atoms with Gasteiger partial charge in [-0.05, 0) is 5.56 Å². The van der Waals surface area contributed by atoms with Crippen molar-refractivity contribution in [1.29, 1.82) is 0 Å². The summed E-state index contributed by atoms with van der Waals surface area (Å²) in [4.78, 5) is 11.8. The van der Waals surface area contributed by atoms with Gasteiger partial charge in [0.05, 0.1) is 12.1 Å². The van der Waals surface area contributed by atoms with Crippen molar-refractivity contribution in [3.05, 3.63) is 35.9 Å². The number of hydrogen-bond donors (Lipinski definition) is 3. The maximum atomic E-state index is 13.1. The summed E-state index contributed by atoms with van der Waals surface area (Å²) in [5.41, 5.74) is -1.02. The van der Waals surface area contributed by atoms with Crippen molar-refractivity contribution in [1.82, 2.24) is 10.6 Å². The maximum Gasteiger partial charge on any atom is 0.407 e. The molecule has 1 saturated heterocycles. The lowest BCUT2D eigenvalue weighted by molar-refractivity contribution is -0.158. The van der Waals surface area contributed by atoms with Crippen LogP contribution in [0.15, 0.2) is 30.3 Å². The fourth-order valence-corrected chi connectivity index (χ4v) is 2.52. The maximum absolute atomic E-state index is 13.1. The highest BCUT2D eigenvalue weighted by Gasteiger charge is 2.40. The number of hydrogen-bond acceptors (Lipinski definition) is 4. The van der Waals surface area contributed by atoms with E-state index in [-0.39, 0.29) is 12.1 Å². The zero-order valence-corrected chi connectivity index (χ0v) is 13.1. The van der Waals surface area contributed by atoms with Gasteiger partial charge in [-0.1, -0.05) is 30.3 Å². The Bertz CT molecular complexity index is 531. The van der Waals surface area contributed by atoms with Crippen LogP contribution in [-0.2, 0) is 9.53 Å². The number of carbonyl (C=O) groups is 1. The fourth-order valence-electron chi connectivity index (χ4n) is 2.52. The number of halogens is 3. The number of aliphatic hydroxyl groups is 1. The third-order valence-electron chi connectivity index (χ3n) is 3.97. The number of nitrogens with one attached hydrogen (secondary N) is 2. The molecule has 1 aromatic rings. The largest absolute Gasteiger partial charge is 0.407 e. The van der Waals surface area contributed by atoms with E-state index in [4.69, 9.17) is 4.74 Å². The van der Waals surface area contributed by atoms with Gasteiger partial charge < -0.3 is 15.2 Å². The quantitative estimate of drug-likeness (QED) is 0.731. The number of benzene rings is 1. The van der Waals surface area contributed by atoms with E-state index in [0.29, 0.717) is 26.1 Å². The van der Waals surface area contributed by atoms with Crippen LogP contribution in [0.2, 0.25) is 0 Å². The minimum atomic E-state index is -4.51. The van der Waals surface area contributed by atoms with E-state index < -0.39 is 30.3 Å². The van der Waals surface area contributed by atoms with E-state index in [1.807, 2.05) is 0 Å². The first-order chi connectivity index (χ1) is 11.3. The molecule has 1 unspecified atom stereocenters. The van der Waals surface area contributed by atoms with Crippen molar-refractivity contribution >= 4 is 5.91 Å². The molecule has 134 valence electrons. The van der Waals surface area contributed by atoms with Crippen LogP contribution < -0.4 is 10.6 Å². The van der Waals surface area contributed by atoms with Crippen molar-refractivity contribution in [2.24, 2.45) is 0 Å². The zero-order valence-electron chi connectivity index (χ0n) is 13.1. The third-order valence-corrected chi connectivity index (χ3v) is 3.97. The predicted molar refractivity (Wildman–Crippen MR) is 81.3 cm³/mol. The van der Waals surface area contributed by atoms with Crippen LogP contribution in [0.25, 0.3) is 0 Å². The van der Waals surface area contributed by atoms with Gasteiger partial charge in [0, 0.05) is 32.6 Å². The molecule has 3 N–H and O–H groups in total. The lowest BCUT2D eigenvalue weighted by atomic mass is 9.94. The smallest absolute Gasteiger partial charge is 0.388 e. The van der Waals surface area contributed by atoms with Gasteiger partial charge in [-0.15, -0.1) is 0 Å². The molecule has 0 aromatic heterocycles. The molecule has 8 heteroatoms. The van der Waals surface area contributed by atoms with Crippen molar-refractivity contribution in [2.45, 2.75) is 30.7 Å². The number of ether oxygens (including phenoxy) is 1. The lowest BCUT2D eigenvalue weighted by Gasteiger charge is -2.32. The van der Waals surface area contributed by atoms with Crippen molar-refractivity contribution in [2.75, 3.05) is 26.3 Å². The summed E-state index contributed by atoms with van der Waals surface area (Å²) >= 11 is 0. The molecule has 2 rings (SSSR count). The van der Waals surface area contributed by atoms with Crippen LogP contribution in [0.5, 0.6) is 0 Å². The monoisotopic (exact) mass is 346 g/mol. The molecule has 0 bridgehead atoms. The Kier molecular flexibility index (Phi) is 6.20. The molecule has 1 amide bonds. The summed E-state index contributed by atoms with van der Waals surface area (Å²) < 4.78 is 44.6. The topological polar surface area (TPSA) is 70.6 Å². The molecule has 1 heterocycles. The lowest BCUT2D eigenvalue weighted by Crippen LogP contribution is -2.49. The minimum absolute atomic E-state index is 0.00110. The molecule has 5 nitrogen and oxygen atoms in total. The molecule has 1 aliphatic heterocycles. The van der Waals surface area contributed by atoms with E-state index in [1.54, 1.807) is 6.07 Å². The second-order valence-corrected chi connectivity index (χ2v) is 5.88. The second-order valence-electron chi connectivity index (χ2n) is 5.88. The van der Waals surface area contributed by atoms with Gasteiger partial charge in [0.1, 0.15) is 6.04 Å². The summed E-state index contributed by atoms with van der Waals surface area (Å²) in [6, 6.07) is 5.43. The van der Waals surface area contributed by atoms with Crippen molar-refractivity contribution in [3.8, 4) is 0 Å². The van der Waals surface area contributed by atoms with Crippen LogP contribution in [0.3, 0.4) is 0 Å². The summed E-state index contributed by atoms with van der Waals surface area (Å²) in [7, 11) is 0. The average Bonchev–Trinajstić information content (AvgIpc) is 2.54. The van der Waals surface area contributed by atoms with Gasteiger partial charge in [-0.25, -0.2) is 0 Å². The molecular formula is C16H21F3N2O3. The minimum Gasteiger partial charge on any atom is -0.388 e. The van der Waals surface area contributed by atoms with Gasteiger partial charge in [-0.3, -0.25) is 10.1 Å². The molecule has 0 saturated carbocycles. The number of rotatable bonds is 6. The highest BCUT2D eigenvalue weighted by atomic mass is 19.4. The molecule has 1 atom stereocenters. The number of alkyl halides is 3. The van der Waals surface area contributed by atoms with Crippen LogP contribution in [0.1, 0.15) is 24.4 Å². The highest BCUT2D eigenvalue weighted by Crippen LogP contribution is 2.32. The Morgan fingerprint density at radius 1 is 1.25 bits per heavy atom. The second kappa shape index (κ2) is 7.96. The molecule has 1 fully saturated rings.